The normalized spacial score (nSPS) is 28.0. The number of rotatable bonds is 14. The van der Waals surface area contributed by atoms with Crippen molar-refractivity contribution in [1.82, 2.24) is 16.0 Å². The largest absolute Gasteiger partial charge is 0.508 e. The van der Waals surface area contributed by atoms with Gasteiger partial charge in [0, 0.05) is 109 Å². The molecule has 11 atom stereocenters. The summed E-state index contributed by atoms with van der Waals surface area (Å²) in [6, 6.07) is 18.9. The predicted molar refractivity (Wildman–Crippen MR) is 320 cm³/mol. The Hall–Kier alpha value is -5.57. The highest BCUT2D eigenvalue weighted by atomic mass is 33.1. The first-order valence-corrected chi connectivity index (χ1v) is 31.9. The fourth-order valence-corrected chi connectivity index (χ4v) is 17.7. The van der Waals surface area contributed by atoms with Gasteiger partial charge in [-0.3, -0.25) is 4.79 Å². The highest BCUT2D eigenvalue weighted by Crippen LogP contribution is 2.64. The van der Waals surface area contributed by atoms with Gasteiger partial charge in [0.25, 0.3) is 0 Å². The van der Waals surface area contributed by atoms with Crippen LogP contribution in [0.5, 0.6) is 28.7 Å². The molecule has 2 saturated carbocycles. The quantitative estimate of drug-likeness (QED) is 0.0359. The van der Waals surface area contributed by atoms with E-state index >= 15 is 0 Å². The SMILES string of the molecule is COCCC(CO)CNCc1c(O)c2c(c3c1CC#CC1=C(C=CC(N)N1)C(CCc1ccccc1)C1CCC4(Cc5cc(O)cc(OC)c5-c5ccc6c(c54)OC3C6COC(C)=O)C1)C=CC1NC3CCCC(CSSCC1O2)C3. The summed E-state index contributed by atoms with van der Waals surface area (Å²) >= 11 is 0. The number of carbonyl (C=O) groups is 1. The molecule has 4 aromatic rings. The van der Waals surface area contributed by atoms with Crippen LogP contribution in [0.4, 0.5) is 0 Å². The average Bonchev–Trinajstić information content (AvgIpc) is 3.93. The highest BCUT2D eigenvalue weighted by Gasteiger charge is 2.53. The summed E-state index contributed by atoms with van der Waals surface area (Å²) in [6.45, 7) is 2.68. The van der Waals surface area contributed by atoms with E-state index in [1.807, 2.05) is 27.7 Å². The summed E-state index contributed by atoms with van der Waals surface area (Å²) in [5.41, 5.74) is 17.6. The zero-order chi connectivity index (χ0) is 55.8. The van der Waals surface area contributed by atoms with Crippen molar-refractivity contribution in [3.63, 3.8) is 0 Å². The number of hydrogen-bond acceptors (Lipinski definition) is 15. The summed E-state index contributed by atoms with van der Waals surface area (Å²) in [5, 5.41) is 46.4. The first-order chi connectivity index (χ1) is 39.5. The third kappa shape index (κ3) is 11.2. The lowest BCUT2D eigenvalue weighted by molar-refractivity contribution is -0.141. The zero-order valence-electron chi connectivity index (χ0n) is 46.9. The van der Waals surface area contributed by atoms with Crippen LogP contribution in [0.25, 0.3) is 17.2 Å². The number of nitrogens with one attached hydrogen (secondary N) is 3. The number of aryl methyl sites for hydroxylation is 1. The molecule has 3 aliphatic carbocycles. The molecule has 5 heterocycles. The number of hydrogen-bond donors (Lipinski definition) is 7. The number of phenols is 2. The Morgan fingerprint density at radius 1 is 1.01 bits per heavy atom. The number of ether oxygens (including phenoxy) is 5. The molecule has 11 unspecified atom stereocenters. The smallest absolute Gasteiger partial charge is 0.302 e. The number of esters is 1. The van der Waals surface area contributed by atoms with Crippen molar-refractivity contribution < 1.29 is 43.8 Å². The Morgan fingerprint density at radius 2 is 1.88 bits per heavy atom. The molecule has 12 rings (SSSR count). The molecule has 8 N–H and O–H groups in total. The molecule has 428 valence electrons. The van der Waals surface area contributed by atoms with Gasteiger partial charge in [-0.2, -0.15) is 0 Å². The summed E-state index contributed by atoms with van der Waals surface area (Å²) in [5.74, 6) is 11.2. The monoisotopic (exact) mass is 1130 g/mol. The van der Waals surface area contributed by atoms with Gasteiger partial charge in [-0.05, 0) is 134 Å². The molecule has 1 spiro atoms. The van der Waals surface area contributed by atoms with Gasteiger partial charge < -0.3 is 60.7 Å². The van der Waals surface area contributed by atoms with Crippen LogP contribution in [0.2, 0.25) is 0 Å². The van der Waals surface area contributed by atoms with Gasteiger partial charge in [0.05, 0.1) is 30.9 Å². The van der Waals surface area contributed by atoms with E-state index in [-0.39, 0.29) is 73.5 Å². The van der Waals surface area contributed by atoms with E-state index in [0.717, 1.165) is 107 Å². The summed E-state index contributed by atoms with van der Waals surface area (Å²) < 4.78 is 33.0. The second-order valence-corrected chi connectivity index (χ2v) is 26.4. The molecule has 81 heavy (non-hydrogen) atoms. The Morgan fingerprint density at radius 3 is 2.70 bits per heavy atom. The van der Waals surface area contributed by atoms with E-state index in [4.69, 9.17) is 29.4 Å². The lowest BCUT2D eigenvalue weighted by Crippen LogP contribution is -2.49. The fraction of sp³-hybridized carbons (Fsp3) is 0.500. The van der Waals surface area contributed by atoms with Crippen LogP contribution in [0.3, 0.4) is 0 Å². The maximum Gasteiger partial charge on any atom is 0.302 e. The maximum atomic E-state index is 13.2. The number of dihydropyridines is 1. The number of methoxy groups -OCH3 is 2. The van der Waals surface area contributed by atoms with Crippen LogP contribution in [0.15, 0.2) is 84.1 Å². The van der Waals surface area contributed by atoms with E-state index in [0.29, 0.717) is 66.3 Å². The van der Waals surface area contributed by atoms with Gasteiger partial charge in [0.1, 0.15) is 36.1 Å². The number of fused-ring (bicyclic) bond motifs is 11. The van der Waals surface area contributed by atoms with Crippen molar-refractivity contribution in [3.05, 3.63) is 129 Å². The molecular weight excluding hydrogens is 1060 g/mol. The topological polar surface area (TPSA) is 186 Å². The number of allylic oxidation sites excluding steroid dienone is 3. The Labute approximate surface area is 485 Å². The van der Waals surface area contributed by atoms with E-state index < -0.39 is 23.6 Å². The van der Waals surface area contributed by atoms with Crippen LogP contribution in [0, 0.1) is 35.5 Å². The minimum Gasteiger partial charge on any atom is -0.508 e. The molecule has 0 aromatic heterocycles. The van der Waals surface area contributed by atoms with E-state index in [9.17, 15) is 20.1 Å². The fourth-order valence-electron chi connectivity index (χ4n) is 15.0. The van der Waals surface area contributed by atoms with Crippen LogP contribution in [-0.2, 0) is 45.5 Å². The van der Waals surface area contributed by atoms with Crippen molar-refractivity contribution in [2.75, 3.05) is 52.1 Å². The molecule has 0 radical (unpaired) electrons. The van der Waals surface area contributed by atoms with Crippen molar-refractivity contribution in [2.24, 2.45) is 29.4 Å². The molecule has 3 fully saturated rings. The molecular formula is C66H78N4O9S2. The standard InChI is InChI=1S/C66H78N4O9S2/c1-38(72)77-35-53-49-17-18-50-59-43(28-45(73)29-56(59)76-3)31-66-25-23-42(30-66)46(16-15-39-9-5-4-6-10-39)47-20-22-58(67)70-54(47)14-8-13-48-52(33-68-32-41(34-71)24-26-75-2)62(74)65-51(60(48)63(53)79-64(49)61(50)66)19-21-55-57(78-65)37-81-80-36-40-11-7-12-44(27-40)69-55/h4-6,9-10,17-22,28-29,40-42,44,46,53,55,57-58,63,68-71,73-74H,7,11-13,15-16,23-27,30-37,67H2,1-3H3. The zero-order valence-corrected chi connectivity index (χ0v) is 48.5. The summed E-state index contributed by atoms with van der Waals surface area (Å²) in [6.07, 6.45) is 17.8. The van der Waals surface area contributed by atoms with Gasteiger partial charge in [0.15, 0.2) is 11.5 Å². The van der Waals surface area contributed by atoms with Crippen molar-refractivity contribution in [2.45, 2.75) is 132 Å². The second kappa shape index (κ2) is 24.3. The molecule has 1 saturated heterocycles. The highest BCUT2D eigenvalue weighted by molar-refractivity contribution is 8.76. The Bertz CT molecular complexity index is 3170. The summed E-state index contributed by atoms with van der Waals surface area (Å²) in [4.78, 5) is 13.1. The van der Waals surface area contributed by atoms with Crippen LogP contribution >= 0.6 is 21.6 Å². The van der Waals surface area contributed by atoms with Crippen LogP contribution in [0.1, 0.15) is 121 Å². The van der Waals surface area contributed by atoms with Crippen molar-refractivity contribution in [1.29, 1.82) is 0 Å². The number of aromatic hydroxyl groups is 2. The molecule has 6 bridgehead atoms. The third-order valence-corrected chi connectivity index (χ3v) is 21.4. The minimum absolute atomic E-state index is 0.0267. The van der Waals surface area contributed by atoms with Crippen LogP contribution < -0.4 is 35.9 Å². The van der Waals surface area contributed by atoms with Gasteiger partial charge in [-0.1, -0.05) is 94.6 Å². The summed E-state index contributed by atoms with van der Waals surface area (Å²) in [7, 11) is 7.10. The number of aliphatic hydroxyl groups excluding tert-OH is 1. The van der Waals surface area contributed by atoms with E-state index in [2.05, 4.69) is 94.6 Å². The number of aliphatic hydroxyl groups is 1. The van der Waals surface area contributed by atoms with Crippen LogP contribution in [-0.4, -0.2) is 97.7 Å². The van der Waals surface area contributed by atoms with Crippen molar-refractivity contribution >= 4 is 33.6 Å². The molecule has 5 aliphatic heterocycles. The molecule has 15 heteroatoms. The first kappa shape index (κ1) is 55.9. The number of carbonyl (C=O) groups excluding carboxylic acids is 1. The minimum atomic E-state index is -0.731. The lowest BCUT2D eigenvalue weighted by Gasteiger charge is -2.40. The molecule has 0 amide bonds. The second-order valence-electron chi connectivity index (χ2n) is 23.9. The predicted octanol–water partition coefficient (Wildman–Crippen LogP) is 10.1. The van der Waals surface area contributed by atoms with Crippen molar-refractivity contribution in [3.8, 4) is 51.7 Å². The maximum absolute atomic E-state index is 13.2. The van der Waals surface area contributed by atoms with E-state index in [1.165, 1.54) is 25.3 Å². The van der Waals surface area contributed by atoms with Gasteiger partial charge >= 0.3 is 5.97 Å². The van der Waals surface area contributed by atoms with Gasteiger partial charge in [-0.25, -0.2) is 0 Å². The Kier molecular flexibility index (Phi) is 16.8. The van der Waals surface area contributed by atoms with E-state index in [1.54, 1.807) is 20.3 Å². The van der Waals surface area contributed by atoms with Gasteiger partial charge in [-0.15, -0.1) is 0 Å². The third-order valence-electron chi connectivity index (χ3n) is 18.8. The number of nitrogens with two attached hydrogens (primary N) is 1. The average molecular weight is 1140 g/mol. The molecule has 4 aromatic carbocycles. The molecule has 8 aliphatic rings. The first-order valence-electron chi connectivity index (χ1n) is 29.4. The number of phenolic OH excluding ortho intramolecular Hbond substituents is 2. The Balaban J connectivity index is 1.10. The lowest BCUT2D eigenvalue weighted by atomic mass is 9.64. The number of benzene rings is 4. The van der Waals surface area contributed by atoms with Gasteiger partial charge in [0.2, 0.25) is 0 Å². The molecule has 13 nitrogen and oxygen atoms in total.